The minimum absolute atomic E-state index is 0.126. The minimum Gasteiger partial charge on any atom is -0.388 e. The van der Waals surface area contributed by atoms with E-state index in [1.165, 1.54) is 6.07 Å². The molecule has 0 amide bonds. The van der Waals surface area contributed by atoms with E-state index in [0.29, 0.717) is 0 Å². The molecule has 0 aliphatic heterocycles. The second-order valence-electron chi connectivity index (χ2n) is 4.46. The van der Waals surface area contributed by atoms with Crippen molar-refractivity contribution in [2.45, 2.75) is 25.9 Å². The zero-order chi connectivity index (χ0) is 14.0. The maximum absolute atomic E-state index is 13.6. The molecule has 0 radical (unpaired) electrons. The number of nitrogens with zero attached hydrogens (tertiary/aromatic N) is 2. The summed E-state index contributed by atoms with van der Waals surface area (Å²) in [7, 11) is 1.75. The highest BCUT2D eigenvalue weighted by Gasteiger charge is 2.19. The number of rotatable bonds is 4. The number of aliphatic hydroxyl groups is 1. The van der Waals surface area contributed by atoms with Gasteiger partial charge in [-0.3, -0.25) is 4.68 Å². The van der Waals surface area contributed by atoms with Gasteiger partial charge in [-0.05, 0) is 24.6 Å². The summed E-state index contributed by atoms with van der Waals surface area (Å²) in [4.78, 5) is 0. The summed E-state index contributed by atoms with van der Waals surface area (Å²) in [6, 6.07) is 5.40. The maximum Gasteiger partial charge on any atom is 0.131 e. The quantitative estimate of drug-likeness (QED) is 0.923. The highest BCUT2D eigenvalue weighted by Crippen LogP contribution is 2.24. The molecule has 1 aromatic heterocycles. The molecule has 0 spiro atoms. The van der Waals surface area contributed by atoms with Gasteiger partial charge < -0.3 is 5.11 Å². The van der Waals surface area contributed by atoms with E-state index in [9.17, 15) is 13.9 Å². The number of aryl methyl sites for hydroxylation is 2. The molecular weight excluding hydrogens is 250 g/mol. The average molecular weight is 266 g/mol. The highest BCUT2D eigenvalue weighted by molar-refractivity contribution is 5.24. The van der Waals surface area contributed by atoms with Gasteiger partial charge in [-0.25, -0.2) is 8.78 Å². The van der Waals surface area contributed by atoms with E-state index in [1.54, 1.807) is 11.7 Å². The van der Waals surface area contributed by atoms with Crippen LogP contribution >= 0.6 is 0 Å². The van der Waals surface area contributed by atoms with E-state index in [-0.39, 0.29) is 12.0 Å². The van der Waals surface area contributed by atoms with E-state index in [1.807, 2.05) is 13.0 Å². The molecule has 0 aliphatic carbocycles. The standard InChI is InChI=1S/C14H16F2N2O/c1-3-9-7-10(18(2)17-9)8-13(19)14-11(15)5-4-6-12(14)16/h4-7,13,19H,3,8H2,1-2H3. The molecule has 1 atom stereocenters. The molecule has 1 unspecified atom stereocenters. The summed E-state index contributed by atoms with van der Waals surface area (Å²) in [5.41, 5.74) is 1.34. The molecule has 3 nitrogen and oxygen atoms in total. The number of halogens is 2. The van der Waals surface area contributed by atoms with Crippen LogP contribution in [0, 0.1) is 11.6 Å². The van der Waals surface area contributed by atoms with Crippen molar-refractivity contribution in [1.82, 2.24) is 9.78 Å². The predicted octanol–water partition coefficient (Wildman–Crippen LogP) is 2.54. The summed E-state index contributed by atoms with van der Waals surface area (Å²) in [6.07, 6.45) is -0.319. The lowest BCUT2D eigenvalue weighted by Crippen LogP contribution is -2.10. The fourth-order valence-electron chi connectivity index (χ4n) is 2.06. The van der Waals surface area contributed by atoms with Crippen molar-refractivity contribution in [2.75, 3.05) is 0 Å². The third-order valence-electron chi connectivity index (χ3n) is 3.12. The van der Waals surface area contributed by atoms with Crippen LogP contribution in [0.15, 0.2) is 24.3 Å². The van der Waals surface area contributed by atoms with E-state index >= 15 is 0 Å². The molecular formula is C14H16F2N2O. The Labute approximate surface area is 110 Å². The monoisotopic (exact) mass is 266 g/mol. The highest BCUT2D eigenvalue weighted by atomic mass is 19.1. The van der Waals surface area contributed by atoms with Crippen LogP contribution in [0.2, 0.25) is 0 Å². The van der Waals surface area contributed by atoms with Crippen LogP contribution in [0.5, 0.6) is 0 Å². The molecule has 1 heterocycles. The Balaban J connectivity index is 2.25. The molecule has 2 aromatic rings. The molecule has 1 N–H and O–H groups in total. The van der Waals surface area contributed by atoms with Crippen molar-refractivity contribution >= 4 is 0 Å². The van der Waals surface area contributed by atoms with Gasteiger partial charge in [0, 0.05) is 19.2 Å². The molecule has 0 bridgehead atoms. The number of hydrogen-bond acceptors (Lipinski definition) is 2. The molecule has 102 valence electrons. The van der Waals surface area contributed by atoms with E-state index < -0.39 is 17.7 Å². The summed E-state index contributed by atoms with van der Waals surface area (Å²) in [5, 5.41) is 14.3. The summed E-state index contributed by atoms with van der Waals surface area (Å²) < 4.78 is 28.7. The first-order valence-electron chi connectivity index (χ1n) is 6.16. The lowest BCUT2D eigenvalue weighted by atomic mass is 10.0. The largest absolute Gasteiger partial charge is 0.388 e. The van der Waals surface area contributed by atoms with Crippen LogP contribution in [-0.4, -0.2) is 14.9 Å². The second kappa shape index (κ2) is 5.48. The Morgan fingerprint density at radius 2 is 1.95 bits per heavy atom. The first-order valence-corrected chi connectivity index (χ1v) is 6.16. The van der Waals surface area contributed by atoms with Crippen LogP contribution in [0.1, 0.15) is 30.0 Å². The first-order chi connectivity index (χ1) is 9.02. The zero-order valence-corrected chi connectivity index (χ0v) is 10.9. The Bertz CT molecular complexity index is 561. The molecule has 19 heavy (non-hydrogen) atoms. The van der Waals surface area contributed by atoms with Gasteiger partial charge in [0.2, 0.25) is 0 Å². The Morgan fingerprint density at radius 1 is 1.32 bits per heavy atom. The molecule has 0 saturated carbocycles. The van der Waals surface area contributed by atoms with Gasteiger partial charge >= 0.3 is 0 Å². The second-order valence-corrected chi connectivity index (χ2v) is 4.46. The van der Waals surface area contributed by atoms with Gasteiger partial charge in [0.05, 0.1) is 17.4 Å². The Morgan fingerprint density at radius 3 is 2.47 bits per heavy atom. The summed E-state index contributed by atoms with van der Waals surface area (Å²) >= 11 is 0. The van der Waals surface area contributed by atoms with Gasteiger partial charge in [-0.15, -0.1) is 0 Å². The fourth-order valence-corrected chi connectivity index (χ4v) is 2.06. The maximum atomic E-state index is 13.6. The molecule has 5 heteroatoms. The summed E-state index contributed by atoms with van der Waals surface area (Å²) in [6.45, 7) is 1.97. The number of benzene rings is 1. The number of aromatic nitrogens is 2. The molecule has 0 fully saturated rings. The molecule has 0 saturated heterocycles. The normalized spacial score (nSPS) is 12.7. The SMILES string of the molecule is CCc1cc(CC(O)c2c(F)cccc2F)n(C)n1. The van der Waals surface area contributed by atoms with Crippen molar-refractivity contribution in [3.8, 4) is 0 Å². The van der Waals surface area contributed by atoms with Gasteiger partial charge in [-0.2, -0.15) is 5.10 Å². The predicted molar refractivity (Wildman–Crippen MR) is 67.6 cm³/mol. The average Bonchev–Trinajstić information content (AvgIpc) is 2.70. The smallest absolute Gasteiger partial charge is 0.131 e. The van der Waals surface area contributed by atoms with Crippen LogP contribution in [0.4, 0.5) is 8.78 Å². The Kier molecular flexibility index (Phi) is 3.95. The van der Waals surface area contributed by atoms with Crippen molar-refractivity contribution in [3.63, 3.8) is 0 Å². The van der Waals surface area contributed by atoms with Gasteiger partial charge in [0.25, 0.3) is 0 Å². The van der Waals surface area contributed by atoms with Crippen LogP contribution in [-0.2, 0) is 19.9 Å². The topological polar surface area (TPSA) is 38.0 Å². The molecule has 0 aliphatic rings. The van der Waals surface area contributed by atoms with Crippen LogP contribution in [0.3, 0.4) is 0 Å². The number of aliphatic hydroxyl groups excluding tert-OH is 1. The lowest BCUT2D eigenvalue weighted by molar-refractivity contribution is 0.166. The van der Waals surface area contributed by atoms with E-state index in [4.69, 9.17) is 0 Å². The first kappa shape index (κ1) is 13.7. The number of hydrogen-bond donors (Lipinski definition) is 1. The van der Waals surface area contributed by atoms with E-state index in [2.05, 4.69) is 5.10 Å². The van der Waals surface area contributed by atoms with Crippen molar-refractivity contribution < 1.29 is 13.9 Å². The van der Waals surface area contributed by atoms with Crippen molar-refractivity contribution in [1.29, 1.82) is 0 Å². The fraction of sp³-hybridized carbons (Fsp3) is 0.357. The molecule has 2 rings (SSSR count). The van der Waals surface area contributed by atoms with Crippen molar-refractivity contribution in [2.24, 2.45) is 7.05 Å². The van der Waals surface area contributed by atoms with Crippen molar-refractivity contribution in [3.05, 3.63) is 52.9 Å². The van der Waals surface area contributed by atoms with Crippen LogP contribution < -0.4 is 0 Å². The lowest BCUT2D eigenvalue weighted by Gasteiger charge is -2.12. The van der Waals surface area contributed by atoms with E-state index in [0.717, 1.165) is 29.9 Å². The minimum atomic E-state index is -1.22. The third kappa shape index (κ3) is 2.81. The zero-order valence-electron chi connectivity index (χ0n) is 10.9. The third-order valence-corrected chi connectivity index (χ3v) is 3.12. The van der Waals surface area contributed by atoms with Gasteiger partial charge in [0.1, 0.15) is 11.6 Å². The Hall–Kier alpha value is -1.75. The van der Waals surface area contributed by atoms with Crippen LogP contribution in [0.25, 0.3) is 0 Å². The van der Waals surface area contributed by atoms with Gasteiger partial charge in [-0.1, -0.05) is 13.0 Å². The summed E-state index contributed by atoms with van der Waals surface area (Å²) in [5.74, 6) is -1.46. The molecule has 1 aromatic carbocycles. The van der Waals surface area contributed by atoms with Gasteiger partial charge in [0.15, 0.2) is 0 Å².